The van der Waals surface area contributed by atoms with Gasteiger partial charge in [-0.2, -0.15) is 0 Å². The Hall–Kier alpha value is 0. The summed E-state index contributed by atoms with van der Waals surface area (Å²) in [4.78, 5) is 0. The summed E-state index contributed by atoms with van der Waals surface area (Å²) < 4.78 is 0. The zero-order valence-corrected chi connectivity index (χ0v) is 9.10. The molecule has 0 aromatic carbocycles. The molecule has 76 valence electrons. The van der Waals surface area contributed by atoms with E-state index in [0.29, 0.717) is 0 Å². The average molecular weight is 180 g/mol. The highest BCUT2D eigenvalue weighted by atomic mass is 14.3. The van der Waals surface area contributed by atoms with Gasteiger partial charge in [-0.1, -0.05) is 64.7 Å². The van der Waals surface area contributed by atoms with Crippen LogP contribution in [-0.4, -0.2) is 0 Å². The summed E-state index contributed by atoms with van der Waals surface area (Å²) in [5.41, 5.74) is 0. The van der Waals surface area contributed by atoms with Gasteiger partial charge in [-0.15, -0.1) is 0 Å². The van der Waals surface area contributed by atoms with Gasteiger partial charge in [-0.25, -0.2) is 0 Å². The molecule has 2 aliphatic carbocycles. The zero-order valence-electron chi connectivity index (χ0n) is 9.10. The fourth-order valence-electron chi connectivity index (χ4n) is 3.53. The predicted octanol–water partition coefficient (Wildman–Crippen LogP) is 4.39. The van der Waals surface area contributed by atoms with Gasteiger partial charge in [0.2, 0.25) is 0 Å². The topological polar surface area (TPSA) is 0 Å². The van der Waals surface area contributed by atoms with Crippen molar-refractivity contribution in [2.45, 2.75) is 64.7 Å². The standard InChI is InChI=1S/C13H24/c1-11(13-9-5-6-10-13)12-7-3-2-4-8-12/h11-13H,2-10H2,1H3. The lowest BCUT2D eigenvalue weighted by Gasteiger charge is -2.31. The lowest BCUT2D eigenvalue weighted by Crippen LogP contribution is -2.21. The highest BCUT2D eigenvalue weighted by molar-refractivity contribution is 4.79. The van der Waals surface area contributed by atoms with Crippen LogP contribution in [0.15, 0.2) is 0 Å². The van der Waals surface area contributed by atoms with E-state index in [1.54, 1.807) is 0 Å². The first-order valence-corrected chi connectivity index (χ1v) is 6.38. The fourth-order valence-corrected chi connectivity index (χ4v) is 3.53. The average Bonchev–Trinajstić information content (AvgIpc) is 2.71. The minimum Gasteiger partial charge on any atom is -0.0620 e. The minimum absolute atomic E-state index is 1.04. The molecule has 2 fully saturated rings. The van der Waals surface area contributed by atoms with Gasteiger partial charge in [0.05, 0.1) is 0 Å². The van der Waals surface area contributed by atoms with Crippen molar-refractivity contribution < 1.29 is 0 Å². The molecule has 0 aromatic heterocycles. The zero-order chi connectivity index (χ0) is 9.10. The lowest BCUT2D eigenvalue weighted by atomic mass is 9.74. The van der Waals surface area contributed by atoms with E-state index >= 15 is 0 Å². The van der Waals surface area contributed by atoms with Crippen LogP contribution in [0, 0.1) is 17.8 Å². The third kappa shape index (κ3) is 2.27. The quantitative estimate of drug-likeness (QED) is 0.591. The number of hydrogen-bond donors (Lipinski definition) is 0. The second-order valence-corrected chi connectivity index (χ2v) is 5.30. The first-order chi connectivity index (χ1) is 6.38. The molecule has 0 N–H and O–H groups in total. The van der Waals surface area contributed by atoms with E-state index < -0.39 is 0 Å². The van der Waals surface area contributed by atoms with E-state index in [1.165, 1.54) is 57.8 Å². The monoisotopic (exact) mass is 180 g/mol. The van der Waals surface area contributed by atoms with Crippen molar-refractivity contribution in [3.05, 3.63) is 0 Å². The molecule has 0 spiro atoms. The molecule has 0 saturated heterocycles. The second-order valence-electron chi connectivity index (χ2n) is 5.30. The minimum atomic E-state index is 1.04. The molecule has 1 unspecified atom stereocenters. The molecule has 0 bridgehead atoms. The van der Waals surface area contributed by atoms with Gasteiger partial charge < -0.3 is 0 Å². The molecule has 2 rings (SSSR count). The van der Waals surface area contributed by atoms with Gasteiger partial charge in [-0.05, 0) is 17.8 Å². The van der Waals surface area contributed by atoms with E-state index in [-0.39, 0.29) is 0 Å². The van der Waals surface area contributed by atoms with E-state index in [9.17, 15) is 0 Å². The summed E-state index contributed by atoms with van der Waals surface area (Å²) in [5.74, 6) is 3.24. The third-order valence-corrected chi connectivity index (χ3v) is 4.54. The summed E-state index contributed by atoms with van der Waals surface area (Å²) in [7, 11) is 0. The summed E-state index contributed by atoms with van der Waals surface area (Å²) in [6, 6.07) is 0. The molecule has 0 heteroatoms. The summed E-state index contributed by atoms with van der Waals surface area (Å²) in [5, 5.41) is 0. The van der Waals surface area contributed by atoms with Crippen LogP contribution in [-0.2, 0) is 0 Å². The SMILES string of the molecule is CC(C1CCCCC1)C1CCCC1. The molecule has 0 heterocycles. The number of rotatable bonds is 2. The van der Waals surface area contributed by atoms with Gasteiger partial charge >= 0.3 is 0 Å². The Kier molecular flexibility index (Phi) is 3.29. The van der Waals surface area contributed by atoms with Gasteiger partial charge in [0.15, 0.2) is 0 Å². The van der Waals surface area contributed by atoms with Crippen molar-refractivity contribution >= 4 is 0 Å². The van der Waals surface area contributed by atoms with Crippen molar-refractivity contribution in [2.75, 3.05) is 0 Å². The van der Waals surface area contributed by atoms with Crippen LogP contribution < -0.4 is 0 Å². The Morgan fingerprint density at radius 1 is 0.692 bits per heavy atom. The van der Waals surface area contributed by atoms with E-state index in [0.717, 1.165) is 17.8 Å². The van der Waals surface area contributed by atoms with Gasteiger partial charge in [-0.3, -0.25) is 0 Å². The Morgan fingerprint density at radius 2 is 1.08 bits per heavy atom. The normalized spacial score (nSPS) is 29.3. The van der Waals surface area contributed by atoms with E-state index in [4.69, 9.17) is 0 Å². The van der Waals surface area contributed by atoms with Crippen molar-refractivity contribution in [3.8, 4) is 0 Å². The smallest absolute Gasteiger partial charge is 0.0386 e. The van der Waals surface area contributed by atoms with Gasteiger partial charge in [0.25, 0.3) is 0 Å². The Bertz CT molecular complexity index is 138. The van der Waals surface area contributed by atoms with Crippen LogP contribution in [0.3, 0.4) is 0 Å². The van der Waals surface area contributed by atoms with Gasteiger partial charge in [0, 0.05) is 0 Å². The van der Waals surface area contributed by atoms with Crippen molar-refractivity contribution in [3.63, 3.8) is 0 Å². The first kappa shape index (κ1) is 9.55. The first-order valence-electron chi connectivity index (χ1n) is 6.38. The second kappa shape index (κ2) is 4.48. The summed E-state index contributed by atoms with van der Waals surface area (Å²) in [6.45, 7) is 2.53. The van der Waals surface area contributed by atoms with Crippen LogP contribution in [0.4, 0.5) is 0 Å². The summed E-state index contributed by atoms with van der Waals surface area (Å²) in [6.07, 6.45) is 13.7. The maximum absolute atomic E-state index is 2.53. The molecular formula is C13H24. The molecule has 2 saturated carbocycles. The molecule has 0 aromatic rings. The fraction of sp³-hybridized carbons (Fsp3) is 1.00. The Morgan fingerprint density at radius 3 is 1.54 bits per heavy atom. The van der Waals surface area contributed by atoms with Crippen molar-refractivity contribution in [2.24, 2.45) is 17.8 Å². The summed E-state index contributed by atoms with van der Waals surface area (Å²) >= 11 is 0. The predicted molar refractivity (Wildman–Crippen MR) is 57.7 cm³/mol. The molecule has 0 amide bonds. The van der Waals surface area contributed by atoms with Crippen LogP contribution >= 0.6 is 0 Å². The molecule has 0 nitrogen and oxygen atoms in total. The molecule has 2 aliphatic rings. The van der Waals surface area contributed by atoms with Crippen LogP contribution in [0.5, 0.6) is 0 Å². The molecule has 0 radical (unpaired) electrons. The van der Waals surface area contributed by atoms with Crippen LogP contribution in [0.25, 0.3) is 0 Å². The van der Waals surface area contributed by atoms with Crippen molar-refractivity contribution in [1.82, 2.24) is 0 Å². The Balaban J connectivity index is 1.83. The highest BCUT2D eigenvalue weighted by Crippen LogP contribution is 2.40. The molecule has 13 heavy (non-hydrogen) atoms. The van der Waals surface area contributed by atoms with E-state index in [2.05, 4.69) is 6.92 Å². The molecule has 1 atom stereocenters. The maximum atomic E-state index is 2.53. The van der Waals surface area contributed by atoms with Crippen LogP contribution in [0.1, 0.15) is 64.7 Å². The van der Waals surface area contributed by atoms with Gasteiger partial charge in [0.1, 0.15) is 0 Å². The van der Waals surface area contributed by atoms with E-state index in [1.807, 2.05) is 0 Å². The lowest BCUT2D eigenvalue weighted by molar-refractivity contribution is 0.196. The van der Waals surface area contributed by atoms with Crippen LogP contribution in [0.2, 0.25) is 0 Å². The highest BCUT2D eigenvalue weighted by Gasteiger charge is 2.28. The van der Waals surface area contributed by atoms with Crippen molar-refractivity contribution in [1.29, 1.82) is 0 Å². The largest absolute Gasteiger partial charge is 0.0620 e. The number of hydrogen-bond acceptors (Lipinski definition) is 0. The third-order valence-electron chi connectivity index (χ3n) is 4.54. The maximum Gasteiger partial charge on any atom is -0.0386 e. The Labute approximate surface area is 83.1 Å². The molecule has 0 aliphatic heterocycles. The molecular weight excluding hydrogens is 156 g/mol.